The van der Waals surface area contributed by atoms with E-state index in [2.05, 4.69) is 17.1 Å². The second-order valence-electron chi connectivity index (χ2n) is 5.46. The minimum absolute atomic E-state index is 0.345. The largest absolute Gasteiger partial charge is 0.380 e. The van der Waals surface area contributed by atoms with E-state index in [-0.39, 0.29) is 0 Å². The van der Waals surface area contributed by atoms with Gasteiger partial charge in [0.15, 0.2) is 0 Å². The Kier molecular flexibility index (Phi) is 5.89. The fourth-order valence-electron chi connectivity index (χ4n) is 3.09. The molecule has 1 saturated carbocycles. The van der Waals surface area contributed by atoms with Crippen molar-refractivity contribution in [3.05, 3.63) is 0 Å². The topological polar surface area (TPSA) is 33.7 Å². The monoisotopic (exact) mass is 256 g/mol. The zero-order valence-electron chi connectivity index (χ0n) is 11.9. The van der Waals surface area contributed by atoms with Crippen LogP contribution in [0.4, 0.5) is 0 Å². The van der Waals surface area contributed by atoms with Crippen molar-refractivity contribution in [3.8, 4) is 0 Å². The van der Waals surface area contributed by atoms with Gasteiger partial charge in [0.05, 0.1) is 18.8 Å². The van der Waals surface area contributed by atoms with Crippen LogP contribution in [0.1, 0.15) is 32.6 Å². The number of likely N-dealkylation sites (N-methyl/N-ethyl adjacent to an activating group) is 1. The maximum Gasteiger partial charge on any atom is 0.0826 e. The van der Waals surface area contributed by atoms with Gasteiger partial charge in [0.25, 0.3) is 0 Å². The third kappa shape index (κ3) is 3.92. The van der Waals surface area contributed by atoms with Crippen molar-refractivity contribution in [2.75, 3.05) is 39.9 Å². The highest BCUT2D eigenvalue weighted by molar-refractivity contribution is 4.83. The molecule has 1 aliphatic heterocycles. The number of rotatable bonds is 5. The molecule has 0 amide bonds. The molecule has 3 unspecified atom stereocenters. The molecule has 1 heterocycles. The van der Waals surface area contributed by atoms with Crippen LogP contribution in [0, 0.1) is 0 Å². The highest BCUT2D eigenvalue weighted by Gasteiger charge is 2.26. The molecule has 2 fully saturated rings. The molecule has 0 bridgehead atoms. The molecule has 0 spiro atoms. The van der Waals surface area contributed by atoms with Gasteiger partial charge < -0.3 is 14.8 Å². The lowest BCUT2D eigenvalue weighted by Crippen LogP contribution is -2.51. The van der Waals surface area contributed by atoms with Crippen molar-refractivity contribution < 1.29 is 9.47 Å². The van der Waals surface area contributed by atoms with Crippen molar-refractivity contribution in [1.29, 1.82) is 0 Å². The predicted molar refractivity (Wildman–Crippen MR) is 72.9 cm³/mol. The molecule has 2 aliphatic rings. The van der Waals surface area contributed by atoms with Crippen LogP contribution in [0.15, 0.2) is 0 Å². The van der Waals surface area contributed by atoms with E-state index >= 15 is 0 Å². The van der Waals surface area contributed by atoms with E-state index in [1.165, 1.54) is 25.7 Å². The first-order valence-electron chi connectivity index (χ1n) is 7.43. The Morgan fingerprint density at radius 1 is 1.33 bits per heavy atom. The minimum atomic E-state index is 0.345. The summed E-state index contributed by atoms with van der Waals surface area (Å²) in [6.45, 7) is 7.33. The van der Waals surface area contributed by atoms with Crippen LogP contribution in [0.2, 0.25) is 0 Å². The highest BCUT2D eigenvalue weighted by atomic mass is 16.5. The van der Waals surface area contributed by atoms with E-state index in [9.17, 15) is 0 Å². The molecule has 4 nitrogen and oxygen atoms in total. The smallest absolute Gasteiger partial charge is 0.0826 e. The standard InChI is InChI=1S/C14H28N2O2/c1-3-16-8-9-18-12(11-16)10-15-13-6-4-5-7-14(13)17-2/h12-15H,3-11H2,1-2H3. The molecule has 1 saturated heterocycles. The van der Waals surface area contributed by atoms with Gasteiger partial charge in [-0.05, 0) is 19.4 Å². The molecule has 3 atom stereocenters. The van der Waals surface area contributed by atoms with Crippen molar-refractivity contribution in [2.24, 2.45) is 0 Å². The molecule has 18 heavy (non-hydrogen) atoms. The van der Waals surface area contributed by atoms with Gasteiger partial charge in [0.1, 0.15) is 0 Å². The molecule has 1 aliphatic carbocycles. The number of morpholine rings is 1. The molecule has 0 radical (unpaired) electrons. The maximum atomic E-state index is 5.82. The summed E-state index contributed by atoms with van der Waals surface area (Å²) in [4.78, 5) is 2.46. The molecule has 106 valence electrons. The third-order valence-electron chi connectivity index (χ3n) is 4.28. The Bertz CT molecular complexity index is 238. The molecule has 4 heteroatoms. The summed E-state index contributed by atoms with van der Waals surface area (Å²) in [5, 5.41) is 3.66. The summed E-state index contributed by atoms with van der Waals surface area (Å²) >= 11 is 0. The summed E-state index contributed by atoms with van der Waals surface area (Å²) in [7, 11) is 1.83. The Labute approximate surface area is 111 Å². The van der Waals surface area contributed by atoms with Crippen molar-refractivity contribution >= 4 is 0 Å². The highest BCUT2D eigenvalue weighted by Crippen LogP contribution is 2.20. The van der Waals surface area contributed by atoms with Crippen molar-refractivity contribution in [1.82, 2.24) is 10.2 Å². The third-order valence-corrected chi connectivity index (χ3v) is 4.28. The number of hydrogen-bond donors (Lipinski definition) is 1. The first-order valence-corrected chi connectivity index (χ1v) is 7.43. The van der Waals surface area contributed by atoms with Crippen molar-refractivity contribution in [2.45, 2.75) is 50.9 Å². The molecular weight excluding hydrogens is 228 g/mol. The van der Waals surface area contributed by atoms with Crippen molar-refractivity contribution in [3.63, 3.8) is 0 Å². The van der Waals surface area contributed by atoms with E-state index in [0.29, 0.717) is 18.2 Å². The summed E-state index contributed by atoms with van der Waals surface area (Å²) < 4.78 is 11.4. The van der Waals surface area contributed by atoms with Crippen LogP contribution in [0.3, 0.4) is 0 Å². The average molecular weight is 256 g/mol. The van der Waals surface area contributed by atoms with Crippen LogP contribution < -0.4 is 5.32 Å². The van der Waals surface area contributed by atoms with E-state index in [1.807, 2.05) is 7.11 Å². The minimum Gasteiger partial charge on any atom is -0.380 e. The van der Waals surface area contributed by atoms with Crippen LogP contribution in [-0.4, -0.2) is 63.0 Å². The number of hydrogen-bond acceptors (Lipinski definition) is 4. The average Bonchev–Trinajstić information content (AvgIpc) is 2.45. The van der Waals surface area contributed by atoms with Crippen LogP contribution in [-0.2, 0) is 9.47 Å². The van der Waals surface area contributed by atoms with Crippen LogP contribution in [0.5, 0.6) is 0 Å². The second-order valence-corrected chi connectivity index (χ2v) is 5.46. The SMILES string of the molecule is CCN1CCOC(CNC2CCCCC2OC)C1. The van der Waals surface area contributed by atoms with Gasteiger partial charge in [0, 0.05) is 32.8 Å². The Balaban J connectivity index is 1.72. The quantitative estimate of drug-likeness (QED) is 0.803. The summed E-state index contributed by atoms with van der Waals surface area (Å²) in [5.41, 5.74) is 0. The van der Waals surface area contributed by atoms with Gasteiger partial charge in [-0.1, -0.05) is 19.8 Å². The molecule has 2 rings (SSSR count). The molecule has 0 aromatic rings. The molecule has 1 N–H and O–H groups in total. The molecular formula is C14H28N2O2. The summed E-state index contributed by atoms with van der Waals surface area (Å²) in [6, 6.07) is 0.518. The number of nitrogens with one attached hydrogen (secondary N) is 1. The predicted octanol–water partition coefficient (Wildman–Crippen LogP) is 1.25. The first kappa shape index (κ1) is 14.3. The Morgan fingerprint density at radius 2 is 2.17 bits per heavy atom. The van der Waals surface area contributed by atoms with Gasteiger partial charge in [-0.3, -0.25) is 4.90 Å². The lowest BCUT2D eigenvalue weighted by Gasteiger charge is -2.35. The normalized spacial score (nSPS) is 34.7. The van der Waals surface area contributed by atoms with Gasteiger partial charge in [-0.2, -0.15) is 0 Å². The summed E-state index contributed by atoms with van der Waals surface area (Å²) in [5.74, 6) is 0. The number of methoxy groups -OCH3 is 1. The maximum absolute atomic E-state index is 5.82. The summed E-state index contributed by atoms with van der Waals surface area (Å²) in [6.07, 6.45) is 5.80. The van der Waals surface area contributed by atoms with Gasteiger partial charge in [0.2, 0.25) is 0 Å². The fraction of sp³-hybridized carbons (Fsp3) is 1.00. The van der Waals surface area contributed by atoms with Gasteiger partial charge in [-0.15, -0.1) is 0 Å². The van der Waals surface area contributed by atoms with E-state index in [0.717, 1.165) is 32.8 Å². The number of ether oxygens (including phenoxy) is 2. The van der Waals surface area contributed by atoms with E-state index in [1.54, 1.807) is 0 Å². The molecule has 0 aromatic heterocycles. The Morgan fingerprint density at radius 3 is 2.94 bits per heavy atom. The van der Waals surface area contributed by atoms with Crippen LogP contribution >= 0.6 is 0 Å². The van der Waals surface area contributed by atoms with Gasteiger partial charge >= 0.3 is 0 Å². The zero-order chi connectivity index (χ0) is 12.8. The number of nitrogens with zero attached hydrogens (tertiary/aromatic N) is 1. The molecule has 0 aromatic carbocycles. The first-order chi connectivity index (χ1) is 8.83. The lowest BCUT2D eigenvalue weighted by atomic mass is 9.92. The van der Waals surface area contributed by atoms with E-state index < -0.39 is 0 Å². The lowest BCUT2D eigenvalue weighted by molar-refractivity contribution is -0.0317. The van der Waals surface area contributed by atoms with Gasteiger partial charge in [-0.25, -0.2) is 0 Å². The Hall–Kier alpha value is -0.160. The van der Waals surface area contributed by atoms with E-state index in [4.69, 9.17) is 9.47 Å². The van der Waals surface area contributed by atoms with Crippen LogP contribution in [0.25, 0.3) is 0 Å². The second kappa shape index (κ2) is 7.43. The fourth-order valence-corrected chi connectivity index (χ4v) is 3.09. The zero-order valence-corrected chi connectivity index (χ0v) is 11.9.